The molecular weight excluding hydrogens is 408 g/mol. The molecule has 30 heavy (non-hydrogen) atoms. The van der Waals surface area contributed by atoms with Crippen molar-refractivity contribution in [3.63, 3.8) is 0 Å². The highest BCUT2D eigenvalue weighted by molar-refractivity contribution is 6.34. The number of rotatable bonds is 5. The van der Waals surface area contributed by atoms with E-state index in [-0.39, 0.29) is 17.9 Å². The van der Waals surface area contributed by atoms with Crippen molar-refractivity contribution in [1.82, 2.24) is 25.1 Å². The summed E-state index contributed by atoms with van der Waals surface area (Å²) in [6, 6.07) is 5.34. The van der Waals surface area contributed by atoms with Gasteiger partial charge in [-0.15, -0.1) is 5.10 Å². The molecule has 0 unspecified atom stereocenters. The Balaban J connectivity index is 1.48. The molecule has 2 aromatic heterocycles. The van der Waals surface area contributed by atoms with Crippen molar-refractivity contribution in [3.05, 3.63) is 40.5 Å². The number of carbonyl (C=O) groups excluding carboxylic acids is 1. The second-order valence-electron chi connectivity index (χ2n) is 6.98. The first-order chi connectivity index (χ1) is 14.5. The van der Waals surface area contributed by atoms with E-state index in [9.17, 15) is 4.79 Å². The lowest BCUT2D eigenvalue weighted by Gasteiger charge is -2.26. The van der Waals surface area contributed by atoms with E-state index in [2.05, 4.69) is 40.7 Å². The van der Waals surface area contributed by atoms with E-state index >= 15 is 0 Å². The molecule has 1 aromatic carbocycles. The highest BCUT2D eigenvalue weighted by Gasteiger charge is 2.19. The van der Waals surface area contributed by atoms with Crippen molar-refractivity contribution in [2.75, 3.05) is 28.6 Å². The van der Waals surface area contributed by atoms with Gasteiger partial charge in [-0.2, -0.15) is 15.0 Å². The molecule has 2 N–H and O–H groups in total. The molecule has 1 fully saturated rings. The van der Waals surface area contributed by atoms with Crippen molar-refractivity contribution in [1.29, 1.82) is 0 Å². The monoisotopic (exact) mass is 428 g/mol. The third-order valence-electron chi connectivity index (χ3n) is 4.67. The topological polar surface area (TPSA) is 122 Å². The molecule has 4 rings (SSSR count). The zero-order valence-corrected chi connectivity index (χ0v) is 17.4. The van der Waals surface area contributed by atoms with Crippen LogP contribution in [0.4, 0.5) is 23.6 Å². The number of amides is 1. The van der Waals surface area contributed by atoms with Gasteiger partial charge >= 0.3 is 17.8 Å². The summed E-state index contributed by atoms with van der Waals surface area (Å²) in [5.74, 6) is 0.684. The van der Waals surface area contributed by atoms with Crippen LogP contribution < -0.4 is 15.5 Å². The number of hydrogen-bond donors (Lipinski definition) is 2. The summed E-state index contributed by atoms with van der Waals surface area (Å²) in [6.07, 6.45) is 3.44. The minimum Gasteiger partial charge on any atom is -0.399 e. The van der Waals surface area contributed by atoms with Gasteiger partial charge in [-0.05, 0) is 44.7 Å². The molecule has 156 valence electrons. The molecule has 1 aliphatic heterocycles. The van der Waals surface area contributed by atoms with Crippen molar-refractivity contribution in [3.8, 4) is 0 Å². The number of halogens is 1. The van der Waals surface area contributed by atoms with Gasteiger partial charge in [0.15, 0.2) is 0 Å². The number of nitrogens with one attached hydrogen (secondary N) is 2. The number of carbonyl (C=O) groups is 1. The Morgan fingerprint density at radius 2 is 1.90 bits per heavy atom. The Labute approximate surface area is 178 Å². The van der Waals surface area contributed by atoms with Gasteiger partial charge in [0.25, 0.3) is 0 Å². The Bertz CT molecular complexity index is 1040. The van der Waals surface area contributed by atoms with Crippen LogP contribution in [0.25, 0.3) is 0 Å². The quantitative estimate of drug-likeness (QED) is 0.628. The van der Waals surface area contributed by atoms with Crippen LogP contribution in [-0.2, 0) is 0 Å². The lowest BCUT2D eigenvalue weighted by Crippen LogP contribution is -2.31. The van der Waals surface area contributed by atoms with Gasteiger partial charge in [0.1, 0.15) is 5.82 Å². The zero-order valence-electron chi connectivity index (χ0n) is 16.6. The average Bonchev–Trinajstić information content (AvgIpc) is 3.19. The van der Waals surface area contributed by atoms with Crippen LogP contribution in [0, 0.1) is 13.8 Å². The fraction of sp³-hybridized carbons (Fsp3) is 0.368. The summed E-state index contributed by atoms with van der Waals surface area (Å²) in [4.78, 5) is 27.7. The molecule has 0 aliphatic carbocycles. The molecule has 0 saturated carbocycles. The fourth-order valence-electron chi connectivity index (χ4n) is 3.18. The molecular formula is C19H21ClN8O2. The van der Waals surface area contributed by atoms with E-state index in [1.54, 1.807) is 19.1 Å². The second-order valence-corrected chi connectivity index (χ2v) is 7.38. The highest BCUT2D eigenvalue weighted by Crippen LogP contribution is 2.26. The largest absolute Gasteiger partial charge is 0.399 e. The summed E-state index contributed by atoms with van der Waals surface area (Å²) in [5.41, 5.74) is 1.32. The molecule has 1 amide bonds. The van der Waals surface area contributed by atoms with E-state index < -0.39 is 5.91 Å². The van der Waals surface area contributed by atoms with E-state index in [4.69, 9.17) is 16.0 Å². The standard InChI is InChI=1S/C19H21ClN8O2/c1-11-7-6-8-13(20)14(11)23-15(29)16-26-27-19(30-16)25-17-21-12(2)22-18(24-17)28-9-4-3-5-10-28/h6-8H,3-5,9-10H2,1-2H3,(H,23,29)(H,21,22,24,25,27). The van der Waals surface area contributed by atoms with Crippen LogP contribution in [0.5, 0.6) is 0 Å². The van der Waals surface area contributed by atoms with Crippen molar-refractivity contribution >= 4 is 41.1 Å². The molecule has 1 aliphatic rings. The summed E-state index contributed by atoms with van der Waals surface area (Å²) in [5, 5.41) is 13.6. The minimum absolute atomic E-state index is 0.00576. The summed E-state index contributed by atoms with van der Waals surface area (Å²) >= 11 is 6.15. The third-order valence-corrected chi connectivity index (χ3v) is 4.99. The molecule has 0 atom stereocenters. The molecule has 1 saturated heterocycles. The molecule has 3 heterocycles. The molecule has 10 nitrogen and oxygen atoms in total. The molecule has 3 aromatic rings. The number of hydrogen-bond acceptors (Lipinski definition) is 9. The van der Waals surface area contributed by atoms with E-state index in [1.807, 2.05) is 13.0 Å². The van der Waals surface area contributed by atoms with Crippen LogP contribution >= 0.6 is 11.6 Å². The lowest BCUT2D eigenvalue weighted by atomic mass is 10.1. The third kappa shape index (κ3) is 4.48. The van der Waals surface area contributed by atoms with Gasteiger partial charge in [0.05, 0.1) is 10.7 Å². The zero-order chi connectivity index (χ0) is 21.1. The summed E-state index contributed by atoms with van der Waals surface area (Å²) in [7, 11) is 0. The Morgan fingerprint density at radius 1 is 1.10 bits per heavy atom. The Morgan fingerprint density at radius 3 is 2.67 bits per heavy atom. The average molecular weight is 429 g/mol. The van der Waals surface area contributed by atoms with Gasteiger partial charge < -0.3 is 14.6 Å². The molecule has 0 bridgehead atoms. The minimum atomic E-state index is -0.562. The predicted octanol–water partition coefficient (Wildman–Crippen LogP) is 3.51. The number of benzene rings is 1. The maximum absolute atomic E-state index is 12.5. The number of nitrogens with zero attached hydrogens (tertiary/aromatic N) is 6. The van der Waals surface area contributed by atoms with E-state index in [0.29, 0.717) is 22.5 Å². The van der Waals surface area contributed by atoms with Gasteiger partial charge in [-0.3, -0.25) is 10.1 Å². The van der Waals surface area contributed by atoms with Gasteiger partial charge in [-0.25, -0.2) is 0 Å². The SMILES string of the molecule is Cc1nc(Nc2nnc(C(=O)Nc3c(C)cccc3Cl)o2)nc(N2CCCCC2)n1. The number of anilines is 4. The summed E-state index contributed by atoms with van der Waals surface area (Å²) in [6.45, 7) is 5.45. The van der Waals surface area contributed by atoms with Gasteiger partial charge in [-0.1, -0.05) is 28.8 Å². The fourth-order valence-corrected chi connectivity index (χ4v) is 3.45. The van der Waals surface area contributed by atoms with Crippen LogP contribution in [0.15, 0.2) is 22.6 Å². The number of aryl methyl sites for hydroxylation is 2. The molecule has 11 heteroatoms. The number of piperidine rings is 1. The molecule has 0 spiro atoms. The van der Waals surface area contributed by atoms with E-state index in [1.165, 1.54) is 6.42 Å². The first-order valence-corrected chi connectivity index (χ1v) is 10.0. The van der Waals surface area contributed by atoms with Crippen LogP contribution in [-0.4, -0.2) is 44.1 Å². The van der Waals surface area contributed by atoms with Crippen molar-refractivity contribution in [2.24, 2.45) is 0 Å². The van der Waals surface area contributed by atoms with Gasteiger partial charge in [0.2, 0.25) is 11.9 Å². The smallest absolute Gasteiger partial charge is 0.322 e. The van der Waals surface area contributed by atoms with Crippen LogP contribution in [0.2, 0.25) is 5.02 Å². The van der Waals surface area contributed by atoms with Crippen molar-refractivity contribution < 1.29 is 9.21 Å². The van der Waals surface area contributed by atoms with Crippen molar-refractivity contribution in [2.45, 2.75) is 33.1 Å². The van der Waals surface area contributed by atoms with Crippen LogP contribution in [0.3, 0.4) is 0 Å². The maximum Gasteiger partial charge on any atom is 0.322 e. The first-order valence-electron chi connectivity index (χ1n) is 9.64. The lowest BCUT2D eigenvalue weighted by molar-refractivity contribution is 0.0991. The van der Waals surface area contributed by atoms with E-state index in [0.717, 1.165) is 31.5 Å². The number of para-hydroxylation sites is 1. The summed E-state index contributed by atoms with van der Waals surface area (Å²) < 4.78 is 5.42. The Hall–Kier alpha value is -3.27. The molecule has 0 radical (unpaired) electrons. The highest BCUT2D eigenvalue weighted by atomic mass is 35.5. The predicted molar refractivity (Wildman–Crippen MR) is 112 cm³/mol. The second kappa shape index (κ2) is 8.62. The number of aromatic nitrogens is 5. The maximum atomic E-state index is 12.5. The van der Waals surface area contributed by atoms with Gasteiger partial charge in [0, 0.05) is 13.1 Å². The Kier molecular flexibility index (Phi) is 5.75. The first kappa shape index (κ1) is 20.0. The van der Waals surface area contributed by atoms with Crippen LogP contribution in [0.1, 0.15) is 41.3 Å². The normalized spacial score (nSPS) is 13.9.